The highest BCUT2D eigenvalue weighted by molar-refractivity contribution is 8.25. The van der Waals surface area contributed by atoms with Crippen molar-refractivity contribution in [3.8, 4) is 0 Å². The van der Waals surface area contributed by atoms with Gasteiger partial charge in [-0.15, -0.1) is 0 Å². The van der Waals surface area contributed by atoms with Crippen LogP contribution >= 0.6 is 0 Å². The van der Waals surface area contributed by atoms with Crippen LogP contribution in [0.5, 0.6) is 0 Å². The molecule has 0 atom stereocenters. The zero-order valence-electron chi connectivity index (χ0n) is 21.5. The number of rotatable bonds is 6. The van der Waals surface area contributed by atoms with Crippen LogP contribution in [0, 0.1) is 42.4 Å². The third kappa shape index (κ3) is 3.47. The van der Waals surface area contributed by atoms with Crippen molar-refractivity contribution in [3.05, 3.63) is 29.8 Å². The maximum absolute atomic E-state index is 14.9. The van der Waals surface area contributed by atoms with Crippen LogP contribution in [0.4, 0.5) is 0 Å². The summed E-state index contributed by atoms with van der Waals surface area (Å²) in [5.41, 5.74) is 0.836. The van der Waals surface area contributed by atoms with Crippen molar-refractivity contribution in [2.75, 3.05) is 0 Å². The van der Waals surface area contributed by atoms with Crippen molar-refractivity contribution in [1.82, 2.24) is 0 Å². The molecule has 6 nitrogen and oxygen atoms in total. The minimum absolute atomic E-state index is 0.190. The quantitative estimate of drug-likeness (QED) is 0.489. The van der Waals surface area contributed by atoms with Gasteiger partial charge in [0.15, 0.2) is 19.7 Å². The Kier molecular flexibility index (Phi) is 5.31. The molecule has 9 heteroatoms. The summed E-state index contributed by atoms with van der Waals surface area (Å²) in [6.45, 7) is 1.83. The van der Waals surface area contributed by atoms with E-state index in [1.54, 1.807) is 12.1 Å². The first-order valence-electron chi connectivity index (χ1n) is 14.1. The zero-order chi connectivity index (χ0) is 26.0. The Bertz CT molecular complexity index is 1290. The third-order valence-electron chi connectivity index (χ3n) is 11.3. The topological polar surface area (TPSA) is 102 Å². The van der Waals surface area contributed by atoms with Crippen molar-refractivity contribution in [1.29, 1.82) is 0 Å². The van der Waals surface area contributed by atoms with Gasteiger partial charge < -0.3 is 0 Å². The zero-order valence-corrected chi connectivity index (χ0v) is 24.0. The Labute approximate surface area is 221 Å². The molecule has 0 saturated heterocycles. The van der Waals surface area contributed by atoms with Crippen molar-refractivity contribution in [3.63, 3.8) is 0 Å². The SMILES string of the molecule is Cc1ccc(S(=O)(=O)C(S(=O)(=O)C23CC4CC(CC(C4)C2)C3)S(=O)(=O)C23CC4CC(CC(C4)C2)C3)cc1. The number of sulfone groups is 3. The molecule has 9 rings (SSSR count). The van der Waals surface area contributed by atoms with Crippen LogP contribution in [0.15, 0.2) is 29.2 Å². The van der Waals surface area contributed by atoms with Gasteiger partial charge in [-0.1, -0.05) is 17.7 Å². The Hall–Kier alpha value is -0.930. The molecule has 8 bridgehead atoms. The highest BCUT2D eigenvalue weighted by Gasteiger charge is 2.69. The minimum atomic E-state index is -4.70. The summed E-state index contributed by atoms with van der Waals surface area (Å²) in [4.78, 5) is -0.190. The van der Waals surface area contributed by atoms with Crippen LogP contribution in [0.1, 0.15) is 82.6 Å². The molecule has 8 saturated carbocycles. The molecule has 0 N–H and O–H groups in total. The van der Waals surface area contributed by atoms with Crippen molar-refractivity contribution < 1.29 is 25.3 Å². The Morgan fingerprint density at radius 1 is 0.568 bits per heavy atom. The Morgan fingerprint density at radius 3 is 1.16 bits per heavy atom. The van der Waals surface area contributed by atoms with E-state index in [1.807, 2.05) is 6.92 Å². The molecule has 0 aliphatic heterocycles. The molecule has 0 radical (unpaired) electrons. The van der Waals surface area contributed by atoms with Gasteiger partial charge in [-0.2, -0.15) is 0 Å². The van der Waals surface area contributed by atoms with E-state index in [0.29, 0.717) is 38.5 Å². The fraction of sp³-hybridized carbons (Fsp3) is 0.786. The van der Waals surface area contributed by atoms with Gasteiger partial charge in [0.1, 0.15) is 0 Å². The third-order valence-corrected chi connectivity index (χ3v) is 21.7. The maximum Gasteiger partial charge on any atom is 0.268 e. The van der Waals surface area contributed by atoms with Crippen LogP contribution in [0.3, 0.4) is 0 Å². The Balaban J connectivity index is 1.41. The van der Waals surface area contributed by atoms with Crippen molar-refractivity contribution >= 4 is 29.5 Å². The van der Waals surface area contributed by atoms with E-state index in [2.05, 4.69) is 0 Å². The summed E-state index contributed by atoms with van der Waals surface area (Å²) in [6.07, 6.45) is 8.44. The largest absolute Gasteiger partial charge is 0.268 e. The maximum atomic E-state index is 14.9. The molecule has 204 valence electrons. The van der Waals surface area contributed by atoms with Crippen molar-refractivity contribution in [2.24, 2.45) is 35.5 Å². The molecule has 0 heterocycles. The predicted molar refractivity (Wildman–Crippen MR) is 142 cm³/mol. The molecule has 8 aliphatic rings. The van der Waals surface area contributed by atoms with E-state index in [9.17, 15) is 25.3 Å². The number of benzene rings is 1. The normalized spacial score (nSPS) is 43.3. The van der Waals surface area contributed by atoms with E-state index in [1.165, 1.54) is 12.1 Å². The van der Waals surface area contributed by atoms with Gasteiger partial charge in [0.05, 0.1) is 14.4 Å². The summed E-state index contributed by atoms with van der Waals surface area (Å²) in [5.74, 6) is 1.53. The van der Waals surface area contributed by atoms with E-state index in [0.717, 1.165) is 44.1 Å². The van der Waals surface area contributed by atoms with Crippen LogP contribution in [0.25, 0.3) is 0 Å². The molecule has 0 spiro atoms. The number of hydrogen-bond acceptors (Lipinski definition) is 6. The molecule has 1 aromatic rings. The molecule has 8 aliphatic carbocycles. The highest BCUT2D eigenvalue weighted by Crippen LogP contribution is 2.63. The highest BCUT2D eigenvalue weighted by atomic mass is 32.3. The first-order valence-corrected chi connectivity index (χ1v) is 18.7. The Morgan fingerprint density at radius 2 is 0.865 bits per heavy atom. The first kappa shape index (κ1) is 25.1. The van der Waals surface area contributed by atoms with E-state index in [4.69, 9.17) is 0 Å². The first-order chi connectivity index (χ1) is 17.3. The van der Waals surface area contributed by atoms with E-state index in [-0.39, 0.29) is 40.4 Å². The van der Waals surface area contributed by atoms with Gasteiger partial charge in [-0.25, -0.2) is 25.3 Å². The molecule has 1 aromatic carbocycles. The van der Waals surface area contributed by atoms with Gasteiger partial charge in [-0.3, -0.25) is 0 Å². The second kappa shape index (κ2) is 7.84. The minimum Gasteiger partial charge on any atom is -0.226 e. The summed E-state index contributed by atoms with van der Waals surface area (Å²) in [6, 6.07) is 6.03. The van der Waals surface area contributed by atoms with Gasteiger partial charge in [0.2, 0.25) is 9.84 Å². The lowest BCUT2D eigenvalue weighted by atomic mass is 9.56. The van der Waals surface area contributed by atoms with Crippen LogP contribution in [0.2, 0.25) is 0 Å². The second-order valence-corrected chi connectivity index (χ2v) is 21.7. The van der Waals surface area contributed by atoms with Gasteiger partial charge in [0, 0.05) is 0 Å². The lowest BCUT2D eigenvalue weighted by molar-refractivity contribution is 0.0326. The van der Waals surface area contributed by atoms with Gasteiger partial charge >= 0.3 is 0 Å². The second-order valence-electron chi connectivity index (χ2n) is 13.9. The lowest BCUT2D eigenvalue weighted by Crippen LogP contribution is -2.63. The average Bonchev–Trinajstić information content (AvgIpc) is 2.77. The van der Waals surface area contributed by atoms with Crippen LogP contribution in [-0.2, 0) is 29.5 Å². The smallest absolute Gasteiger partial charge is 0.226 e. The molecular formula is C28H38O6S3. The lowest BCUT2D eigenvalue weighted by Gasteiger charge is -2.58. The fourth-order valence-corrected chi connectivity index (χ4v) is 22.0. The molecule has 0 unspecified atom stereocenters. The van der Waals surface area contributed by atoms with Gasteiger partial charge in [-0.05, 0) is 132 Å². The molecule has 8 fully saturated rings. The molecular weight excluding hydrogens is 529 g/mol. The summed E-state index contributed by atoms with van der Waals surface area (Å²) in [5, 5.41) is 0. The van der Waals surface area contributed by atoms with E-state index >= 15 is 0 Å². The summed E-state index contributed by atoms with van der Waals surface area (Å²) in [7, 11) is -13.8. The monoisotopic (exact) mass is 566 g/mol. The molecule has 0 amide bonds. The van der Waals surface area contributed by atoms with E-state index < -0.39 is 42.9 Å². The molecule has 0 aromatic heterocycles. The summed E-state index contributed by atoms with van der Waals surface area (Å²) < 4.78 is 83.3. The standard InChI is InChI=1S/C28H38O6S3/c1-18-2-4-25(5-3-18)35(29,30)26(36(31,32)27-12-19-6-20(13-27)8-21(7-19)14-27)37(33,34)28-15-22-9-23(16-28)11-24(10-22)17-28/h2-5,19-24,26H,6-17H2,1H3. The summed E-state index contributed by atoms with van der Waals surface area (Å²) >= 11 is 0. The van der Waals surface area contributed by atoms with Crippen molar-refractivity contribution in [2.45, 2.75) is 102 Å². The van der Waals surface area contributed by atoms with Crippen LogP contribution in [-0.4, -0.2) is 38.7 Å². The molecule has 37 heavy (non-hydrogen) atoms. The fourth-order valence-electron chi connectivity index (χ4n) is 10.5. The average molecular weight is 567 g/mol. The number of aryl methyl sites for hydroxylation is 1. The van der Waals surface area contributed by atoms with Gasteiger partial charge in [0.25, 0.3) is 3.91 Å². The van der Waals surface area contributed by atoms with Crippen LogP contribution < -0.4 is 0 Å². The predicted octanol–water partition coefficient (Wildman–Crippen LogP) is 4.82. The number of hydrogen-bond donors (Lipinski definition) is 0.